The van der Waals surface area contributed by atoms with Crippen molar-refractivity contribution >= 4 is 11.6 Å². The summed E-state index contributed by atoms with van der Waals surface area (Å²) in [6.45, 7) is 4.03. The van der Waals surface area contributed by atoms with Gasteiger partial charge in [0.2, 0.25) is 0 Å². The Morgan fingerprint density at radius 2 is 2.00 bits per heavy atom. The smallest absolute Gasteiger partial charge is 0.253 e. The van der Waals surface area contributed by atoms with Gasteiger partial charge in [-0.1, -0.05) is 13.8 Å². The van der Waals surface area contributed by atoms with Gasteiger partial charge in [0.15, 0.2) is 5.82 Å². The number of benzene rings is 1. The normalized spacial score (nSPS) is 10.7. The van der Waals surface area contributed by atoms with E-state index in [9.17, 15) is 4.79 Å². The minimum atomic E-state index is -0.0647. The van der Waals surface area contributed by atoms with Gasteiger partial charge in [-0.25, -0.2) is 9.67 Å². The molecule has 0 radical (unpaired) electrons. The van der Waals surface area contributed by atoms with Crippen LogP contribution in [0.4, 0.5) is 5.69 Å². The molecule has 0 aliphatic carbocycles. The minimum absolute atomic E-state index is 0.0647. The summed E-state index contributed by atoms with van der Waals surface area (Å²) >= 11 is 0. The van der Waals surface area contributed by atoms with Crippen LogP contribution >= 0.6 is 0 Å². The average Bonchev–Trinajstić information content (AvgIpc) is 2.90. The lowest BCUT2D eigenvalue weighted by Gasteiger charge is -2.13. The number of nitrogens with two attached hydrogens (primary N) is 1. The molecule has 1 aromatic heterocycles. The second-order valence-electron chi connectivity index (χ2n) is 5.04. The molecule has 0 saturated heterocycles. The fourth-order valence-electron chi connectivity index (χ4n) is 2.08. The Kier molecular flexibility index (Phi) is 4.26. The first-order valence-electron chi connectivity index (χ1n) is 7.04. The van der Waals surface area contributed by atoms with E-state index in [0.717, 1.165) is 24.5 Å². The molecule has 6 heteroatoms. The summed E-state index contributed by atoms with van der Waals surface area (Å²) in [5.74, 6) is 1.55. The highest BCUT2D eigenvalue weighted by Gasteiger charge is 2.15. The molecule has 112 valence electrons. The molecule has 0 saturated carbocycles. The van der Waals surface area contributed by atoms with Crippen molar-refractivity contribution in [2.24, 2.45) is 0 Å². The number of hydrogen-bond acceptors (Lipinski definition) is 4. The number of nitrogen functional groups attached to an aromatic ring is 1. The molecule has 0 atom stereocenters. The molecule has 1 heterocycles. The van der Waals surface area contributed by atoms with E-state index >= 15 is 0 Å². The molecule has 21 heavy (non-hydrogen) atoms. The van der Waals surface area contributed by atoms with Gasteiger partial charge >= 0.3 is 0 Å². The summed E-state index contributed by atoms with van der Waals surface area (Å²) in [5, 5.41) is 4.48. The Morgan fingerprint density at radius 3 is 2.57 bits per heavy atom. The standard InChI is InChI=1S/C15H21N5O/c1-5-13-17-14(6-2)20(18-13)12-9-10(7-8-11(12)16)15(21)19(3)4/h7-9H,5-6,16H2,1-4H3. The van der Waals surface area contributed by atoms with Gasteiger partial charge in [-0.05, 0) is 18.2 Å². The van der Waals surface area contributed by atoms with E-state index in [2.05, 4.69) is 10.1 Å². The van der Waals surface area contributed by atoms with E-state index in [4.69, 9.17) is 5.73 Å². The number of aromatic nitrogens is 3. The van der Waals surface area contributed by atoms with Crippen molar-refractivity contribution in [3.8, 4) is 5.69 Å². The highest BCUT2D eigenvalue weighted by atomic mass is 16.2. The first kappa shape index (κ1) is 15.0. The fourth-order valence-corrected chi connectivity index (χ4v) is 2.08. The number of aryl methyl sites for hydroxylation is 2. The number of carbonyl (C=O) groups excluding carboxylic acids is 1. The Morgan fingerprint density at radius 1 is 1.29 bits per heavy atom. The van der Waals surface area contributed by atoms with Gasteiger partial charge in [0.25, 0.3) is 5.91 Å². The van der Waals surface area contributed by atoms with Crippen LogP contribution in [0, 0.1) is 0 Å². The van der Waals surface area contributed by atoms with Crippen molar-refractivity contribution in [1.29, 1.82) is 0 Å². The molecule has 2 aromatic rings. The van der Waals surface area contributed by atoms with Crippen LogP contribution in [-0.4, -0.2) is 39.7 Å². The summed E-state index contributed by atoms with van der Waals surface area (Å²) in [4.78, 5) is 18.1. The molecule has 2 rings (SSSR count). The van der Waals surface area contributed by atoms with Crippen molar-refractivity contribution in [3.05, 3.63) is 35.4 Å². The lowest BCUT2D eigenvalue weighted by molar-refractivity contribution is 0.0827. The average molecular weight is 287 g/mol. The molecule has 1 amide bonds. The minimum Gasteiger partial charge on any atom is -0.397 e. The predicted octanol–water partition coefficient (Wildman–Crippen LogP) is 1.68. The van der Waals surface area contributed by atoms with Gasteiger partial charge in [0, 0.05) is 32.5 Å². The zero-order valence-electron chi connectivity index (χ0n) is 12.9. The summed E-state index contributed by atoms with van der Waals surface area (Å²) in [6, 6.07) is 5.23. The maximum Gasteiger partial charge on any atom is 0.253 e. The van der Waals surface area contributed by atoms with Gasteiger partial charge in [-0.3, -0.25) is 4.79 Å². The zero-order valence-corrected chi connectivity index (χ0v) is 12.9. The molecular formula is C15H21N5O. The van der Waals surface area contributed by atoms with Crippen LogP contribution in [0.1, 0.15) is 35.9 Å². The molecule has 0 spiro atoms. The van der Waals surface area contributed by atoms with Gasteiger partial charge in [-0.2, -0.15) is 5.10 Å². The molecule has 1 aromatic carbocycles. The lowest BCUT2D eigenvalue weighted by atomic mass is 10.1. The highest BCUT2D eigenvalue weighted by Crippen LogP contribution is 2.21. The van der Waals surface area contributed by atoms with E-state index in [1.807, 2.05) is 13.8 Å². The van der Waals surface area contributed by atoms with E-state index in [-0.39, 0.29) is 5.91 Å². The first-order chi connectivity index (χ1) is 9.97. The van der Waals surface area contributed by atoms with E-state index in [1.54, 1.807) is 37.0 Å². The molecule has 2 N–H and O–H groups in total. The number of carbonyl (C=O) groups is 1. The van der Waals surface area contributed by atoms with Crippen molar-refractivity contribution in [2.75, 3.05) is 19.8 Å². The van der Waals surface area contributed by atoms with Gasteiger partial charge in [-0.15, -0.1) is 0 Å². The SMILES string of the molecule is CCc1nc(CC)n(-c2cc(C(=O)N(C)C)ccc2N)n1. The van der Waals surface area contributed by atoms with Crippen LogP contribution in [0.5, 0.6) is 0 Å². The topological polar surface area (TPSA) is 77.0 Å². The number of anilines is 1. The quantitative estimate of drug-likeness (QED) is 0.868. The monoisotopic (exact) mass is 287 g/mol. The van der Waals surface area contributed by atoms with Crippen LogP contribution in [0.15, 0.2) is 18.2 Å². The van der Waals surface area contributed by atoms with Crippen molar-refractivity contribution in [3.63, 3.8) is 0 Å². The first-order valence-corrected chi connectivity index (χ1v) is 7.04. The van der Waals surface area contributed by atoms with Crippen LogP contribution < -0.4 is 5.73 Å². The van der Waals surface area contributed by atoms with Gasteiger partial charge in [0.1, 0.15) is 5.82 Å². The van der Waals surface area contributed by atoms with Gasteiger partial charge < -0.3 is 10.6 Å². The van der Waals surface area contributed by atoms with E-state index in [0.29, 0.717) is 16.9 Å². The summed E-state index contributed by atoms with van der Waals surface area (Å²) in [5.41, 5.74) is 7.92. The van der Waals surface area contributed by atoms with Crippen molar-refractivity contribution in [1.82, 2.24) is 19.7 Å². The third kappa shape index (κ3) is 2.89. The highest BCUT2D eigenvalue weighted by molar-refractivity contribution is 5.95. The molecule has 0 aliphatic heterocycles. The molecule has 0 fully saturated rings. The van der Waals surface area contributed by atoms with E-state index < -0.39 is 0 Å². The third-order valence-electron chi connectivity index (χ3n) is 3.26. The van der Waals surface area contributed by atoms with E-state index in [1.165, 1.54) is 4.90 Å². The fraction of sp³-hybridized carbons (Fsp3) is 0.400. The van der Waals surface area contributed by atoms with Crippen molar-refractivity contribution < 1.29 is 4.79 Å². The number of hydrogen-bond donors (Lipinski definition) is 1. The number of amides is 1. The summed E-state index contributed by atoms with van der Waals surface area (Å²) < 4.78 is 1.74. The Balaban J connectivity index is 2.55. The Labute approximate surface area is 124 Å². The number of rotatable bonds is 4. The maximum atomic E-state index is 12.1. The Bertz CT molecular complexity index is 660. The predicted molar refractivity (Wildman–Crippen MR) is 82.5 cm³/mol. The largest absolute Gasteiger partial charge is 0.397 e. The van der Waals surface area contributed by atoms with Crippen LogP contribution in [-0.2, 0) is 12.8 Å². The maximum absolute atomic E-state index is 12.1. The second-order valence-corrected chi connectivity index (χ2v) is 5.04. The molecule has 0 bridgehead atoms. The zero-order chi connectivity index (χ0) is 15.6. The van der Waals surface area contributed by atoms with Crippen LogP contribution in [0.2, 0.25) is 0 Å². The van der Waals surface area contributed by atoms with Crippen LogP contribution in [0.3, 0.4) is 0 Å². The number of nitrogens with zero attached hydrogens (tertiary/aromatic N) is 4. The molecule has 0 aliphatic rings. The van der Waals surface area contributed by atoms with Crippen molar-refractivity contribution in [2.45, 2.75) is 26.7 Å². The summed E-state index contributed by atoms with van der Waals surface area (Å²) in [6.07, 6.45) is 1.51. The molecule has 6 nitrogen and oxygen atoms in total. The second kappa shape index (κ2) is 5.95. The molecule has 0 unspecified atom stereocenters. The third-order valence-corrected chi connectivity index (χ3v) is 3.26. The van der Waals surface area contributed by atoms with Crippen LogP contribution in [0.25, 0.3) is 5.69 Å². The summed E-state index contributed by atoms with van der Waals surface area (Å²) in [7, 11) is 3.45. The van der Waals surface area contributed by atoms with Gasteiger partial charge in [0.05, 0.1) is 11.4 Å². The Hall–Kier alpha value is -2.37. The lowest BCUT2D eigenvalue weighted by Crippen LogP contribution is -2.22. The molecular weight excluding hydrogens is 266 g/mol.